The molecule has 2 aromatic rings. The topological polar surface area (TPSA) is 55.6 Å². The average molecular weight is 326 g/mol. The lowest BCUT2D eigenvalue weighted by Crippen LogP contribution is -2.55. The van der Waals surface area contributed by atoms with Crippen LogP contribution in [-0.4, -0.2) is 41.1 Å². The molecule has 126 valence electrons. The molecule has 0 spiro atoms. The minimum Gasteiger partial charge on any atom is -0.441 e. The van der Waals surface area contributed by atoms with Crippen LogP contribution in [0, 0.1) is 6.92 Å². The summed E-state index contributed by atoms with van der Waals surface area (Å²) in [5, 5.41) is 0. The Morgan fingerprint density at radius 3 is 2.83 bits per heavy atom. The summed E-state index contributed by atoms with van der Waals surface area (Å²) >= 11 is 0. The maximum absolute atomic E-state index is 13.1. The predicted octanol–water partition coefficient (Wildman–Crippen LogP) is 3.43. The van der Waals surface area contributed by atoms with Gasteiger partial charge in [0.25, 0.3) is 5.91 Å². The standard InChI is InChI=1S/C19H22N2O3/c1-13-17(20-18(24-13)14-7-3-2-4-8-14)19(22)21-11-12-23-16-10-6-5-9-15(16)21/h2-4,7-8,15-16H,5-6,9-12H2,1H3/t15-,16-/m0/s1. The van der Waals surface area contributed by atoms with E-state index in [0.29, 0.717) is 30.5 Å². The fourth-order valence-electron chi connectivity index (χ4n) is 3.78. The second-order valence-corrected chi connectivity index (χ2v) is 6.55. The van der Waals surface area contributed by atoms with Crippen LogP contribution >= 0.6 is 0 Å². The third-order valence-corrected chi connectivity index (χ3v) is 5.01. The van der Waals surface area contributed by atoms with Crippen LogP contribution in [0.1, 0.15) is 41.9 Å². The Labute approximate surface area is 141 Å². The molecule has 4 rings (SSSR count). The van der Waals surface area contributed by atoms with E-state index < -0.39 is 0 Å². The van der Waals surface area contributed by atoms with Crippen molar-refractivity contribution in [3.05, 3.63) is 41.8 Å². The molecule has 0 bridgehead atoms. The first-order valence-corrected chi connectivity index (χ1v) is 8.69. The van der Waals surface area contributed by atoms with E-state index in [9.17, 15) is 4.79 Å². The van der Waals surface area contributed by atoms with Gasteiger partial charge < -0.3 is 14.1 Å². The number of ether oxygens (including phenoxy) is 1. The van der Waals surface area contributed by atoms with Gasteiger partial charge in [-0.05, 0) is 31.9 Å². The first kappa shape index (κ1) is 15.4. The van der Waals surface area contributed by atoms with E-state index in [1.807, 2.05) is 42.2 Å². The first-order valence-electron chi connectivity index (χ1n) is 8.69. The molecule has 2 heterocycles. The molecule has 1 aliphatic heterocycles. The van der Waals surface area contributed by atoms with Crippen LogP contribution in [0.25, 0.3) is 11.5 Å². The highest BCUT2D eigenvalue weighted by atomic mass is 16.5. The highest BCUT2D eigenvalue weighted by Crippen LogP contribution is 2.30. The van der Waals surface area contributed by atoms with Gasteiger partial charge in [-0.25, -0.2) is 4.98 Å². The fourth-order valence-corrected chi connectivity index (χ4v) is 3.78. The predicted molar refractivity (Wildman–Crippen MR) is 89.7 cm³/mol. The molecule has 1 saturated heterocycles. The molecule has 0 unspecified atom stereocenters. The van der Waals surface area contributed by atoms with Crippen molar-refractivity contribution in [1.29, 1.82) is 0 Å². The van der Waals surface area contributed by atoms with E-state index in [4.69, 9.17) is 9.15 Å². The second-order valence-electron chi connectivity index (χ2n) is 6.55. The third-order valence-electron chi connectivity index (χ3n) is 5.01. The lowest BCUT2D eigenvalue weighted by atomic mass is 9.90. The Hall–Kier alpha value is -2.14. The van der Waals surface area contributed by atoms with Gasteiger partial charge in [-0.15, -0.1) is 0 Å². The Balaban J connectivity index is 1.61. The number of amides is 1. The second kappa shape index (κ2) is 6.40. The molecule has 2 aliphatic rings. The largest absolute Gasteiger partial charge is 0.441 e. The van der Waals surface area contributed by atoms with Crippen LogP contribution in [0.15, 0.2) is 34.7 Å². The van der Waals surface area contributed by atoms with Gasteiger partial charge in [0.1, 0.15) is 5.76 Å². The summed E-state index contributed by atoms with van der Waals surface area (Å²) in [5.41, 5.74) is 1.32. The van der Waals surface area contributed by atoms with E-state index in [1.54, 1.807) is 0 Å². The number of rotatable bonds is 2. The van der Waals surface area contributed by atoms with Crippen molar-refractivity contribution in [1.82, 2.24) is 9.88 Å². The summed E-state index contributed by atoms with van der Waals surface area (Å²) in [5.74, 6) is 1.06. The van der Waals surface area contributed by atoms with Gasteiger partial charge in [0.05, 0.1) is 18.8 Å². The first-order chi connectivity index (χ1) is 11.7. The molecular formula is C19H22N2O3. The molecule has 1 aliphatic carbocycles. The highest BCUT2D eigenvalue weighted by Gasteiger charge is 2.38. The summed E-state index contributed by atoms with van der Waals surface area (Å²) in [6.07, 6.45) is 4.57. The molecule has 1 aromatic heterocycles. The zero-order valence-electron chi connectivity index (χ0n) is 13.9. The Kier molecular flexibility index (Phi) is 4.10. The van der Waals surface area contributed by atoms with Gasteiger partial charge in [-0.3, -0.25) is 4.79 Å². The fraction of sp³-hybridized carbons (Fsp3) is 0.474. The van der Waals surface area contributed by atoms with Crippen molar-refractivity contribution < 1.29 is 13.9 Å². The van der Waals surface area contributed by atoms with Crippen LogP contribution in [0.3, 0.4) is 0 Å². The lowest BCUT2D eigenvalue weighted by molar-refractivity contribution is -0.0754. The molecule has 1 saturated carbocycles. The lowest BCUT2D eigenvalue weighted by Gasteiger charge is -2.43. The highest BCUT2D eigenvalue weighted by molar-refractivity contribution is 5.94. The smallest absolute Gasteiger partial charge is 0.276 e. The zero-order valence-corrected chi connectivity index (χ0v) is 13.9. The number of aromatic nitrogens is 1. The normalized spacial score (nSPS) is 23.8. The molecule has 1 amide bonds. The van der Waals surface area contributed by atoms with Crippen molar-refractivity contribution in [2.24, 2.45) is 0 Å². The van der Waals surface area contributed by atoms with E-state index in [0.717, 1.165) is 24.8 Å². The number of aryl methyl sites for hydroxylation is 1. The van der Waals surface area contributed by atoms with Crippen LogP contribution in [0.4, 0.5) is 0 Å². The number of hydrogen-bond donors (Lipinski definition) is 0. The Morgan fingerprint density at radius 2 is 2.00 bits per heavy atom. The van der Waals surface area contributed by atoms with Gasteiger partial charge in [0, 0.05) is 12.1 Å². The molecule has 5 heteroatoms. The van der Waals surface area contributed by atoms with Crippen LogP contribution in [-0.2, 0) is 4.74 Å². The molecule has 2 atom stereocenters. The van der Waals surface area contributed by atoms with E-state index in [2.05, 4.69) is 4.98 Å². The van der Waals surface area contributed by atoms with Gasteiger partial charge in [-0.1, -0.05) is 31.0 Å². The van der Waals surface area contributed by atoms with Crippen molar-refractivity contribution in [2.45, 2.75) is 44.8 Å². The van der Waals surface area contributed by atoms with Gasteiger partial charge in [-0.2, -0.15) is 0 Å². The van der Waals surface area contributed by atoms with Crippen LogP contribution < -0.4 is 0 Å². The number of hydrogen-bond acceptors (Lipinski definition) is 4. The maximum atomic E-state index is 13.1. The number of fused-ring (bicyclic) bond motifs is 1. The quantitative estimate of drug-likeness (QED) is 0.848. The van der Waals surface area contributed by atoms with Gasteiger partial charge in [0.2, 0.25) is 5.89 Å². The van der Waals surface area contributed by atoms with E-state index in [1.165, 1.54) is 6.42 Å². The molecule has 24 heavy (non-hydrogen) atoms. The summed E-state index contributed by atoms with van der Waals surface area (Å²) in [6, 6.07) is 9.87. The molecule has 2 fully saturated rings. The van der Waals surface area contributed by atoms with Crippen molar-refractivity contribution in [2.75, 3.05) is 13.2 Å². The number of carbonyl (C=O) groups excluding carboxylic acids is 1. The number of carbonyl (C=O) groups is 1. The minimum absolute atomic E-state index is 0.0290. The summed E-state index contributed by atoms with van der Waals surface area (Å²) in [6.45, 7) is 3.05. The van der Waals surface area contributed by atoms with Crippen molar-refractivity contribution >= 4 is 5.91 Å². The number of oxazole rings is 1. The zero-order chi connectivity index (χ0) is 16.5. The third kappa shape index (κ3) is 2.73. The number of nitrogens with zero attached hydrogens (tertiary/aromatic N) is 2. The summed E-state index contributed by atoms with van der Waals surface area (Å²) in [7, 11) is 0. The van der Waals surface area contributed by atoms with Crippen molar-refractivity contribution in [3.8, 4) is 11.5 Å². The number of morpholine rings is 1. The molecule has 0 radical (unpaired) electrons. The van der Waals surface area contributed by atoms with Crippen LogP contribution in [0.5, 0.6) is 0 Å². The SMILES string of the molecule is Cc1oc(-c2ccccc2)nc1C(=O)N1CCO[C@H]2CCCC[C@@H]21. The molecule has 0 N–H and O–H groups in total. The van der Waals surface area contributed by atoms with Gasteiger partial charge >= 0.3 is 0 Å². The van der Waals surface area contributed by atoms with Gasteiger partial charge in [0.15, 0.2) is 5.69 Å². The Morgan fingerprint density at radius 1 is 1.21 bits per heavy atom. The molecule has 5 nitrogen and oxygen atoms in total. The van der Waals surface area contributed by atoms with Crippen molar-refractivity contribution in [3.63, 3.8) is 0 Å². The van der Waals surface area contributed by atoms with E-state index >= 15 is 0 Å². The van der Waals surface area contributed by atoms with E-state index in [-0.39, 0.29) is 18.1 Å². The van der Waals surface area contributed by atoms with Crippen LogP contribution in [0.2, 0.25) is 0 Å². The molecule has 1 aromatic carbocycles. The Bertz CT molecular complexity index is 723. The monoisotopic (exact) mass is 326 g/mol. The maximum Gasteiger partial charge on any atom is 0.276 e. The molecular weight excluding hydrogens is 304 g/mol. The number of benzene rings is 1. The average Bonchev–Trinajstić information content (AvgIpc) is 3.03. The minimum atomic E-state index is -0.0290. The summed E-state index contributed by atoms with van der Waals surface area (Å²) < 4.78 is 11.6. The summed E-state index contributed by atoms with van der Waals surface area (Å²) in [4.78, 5) is 19.5.